The van der Waals surface area contributed by atoms with Crippen LogP contribution in [-0.2, 0) is 18.6 Å². The van der Waals surface area contributed by atoms with Crippen molar-refractivity contribution in [3.63, 3.8) is 0 Å². The fraction of sp³-hybridized carbons (Fsp3) is 0.500. The third-order valence-corrected chi connectivity index (χ3v) is 4.99. The van der Waals surface area contributed by atoms with Crippen LogP contribution >= 0.6 is 0 Å². The molecule has 0 aromatic carbocycles. The second kappa shape index (κ2) is 7.59. The third-order valence-electron chi connectivity index (χ3n) is 4.99. The fourth-order valence-corrected chi connectivity index (χ4v) is 3.25. The number of hydrogen-bond acceptors (Lipinski definition) is 6. The van der Waals surface area contributed by atoms with Gasteiger partial charge >= 0.3 is 14.5 Å². The maximum Gasteiger partial charge on any atom is 0.597 e. The van der Waals surface area contributed by atoms with Crippen LogP contribution in [0.15, 0.2) is 60.3 Å². The summed E-state index contributed by atoms with van der Waals surface area (Å²) in [6, 6.07) is 0. The van der Waals surface area contributed by atoms with Gasteiger partial charge in [0.2, 0.25) is 0 Å². The van der Waals surface area contributed by atoms with Crippen molar-refractivity contribution in [3.05, 3.63) is 60.3 Å². The molecule has 4 heterocycles. The fourth-order valence-electron chi connectivity index (χ4n) is 3.25. The molecule has 0 aromatic rings. The lowest BCUT2D eigenvalue weighted by Crippen LogP contribution is -2.48. The predicted octanol–water partition coefficient (Wildman–Crippen LogP) is 3.08. The predicted molar refractivity (Wildman–Crippen MR) is 110 cm³/mol. The molecule has 0 spiro atoms. The van der Waals surface area contributed by atoms with Crippen LogP contribution in [0.3, 0.4) is 0 Å². The average Bonchev–Trinajstić information content (AvgIpc) is 2.68. The first-order valence-corrected chi connectivity index (χ1v) is 9.80. The molecule has 0 unspecified atom stereocenters. The summed E-state index contributed by atoms with van der Waals surface area (Å²) in [5.41, 5.74) is 2.40. The molecule has 0 saturated carbocycles. The Hall–Kier alpha value is -1.73. The Bertz CT molecular complexity index is 643. The smallest absolute Gasteiger partial charge is 0.391 e. The zero-order valence-corrected chi connectivity index (χ0v) is 17.1. The van der Waals surface area contributed by atoms with Crippen molar-refractivity contribution < 1.29 is 18.6 Å². The summed E-state index contributed by atoms with van der Waals surface area (Å²) in [5.74, 6) is 0. The molecule has 0 N–H and O–H groups in total. The molecule has 0 aromatic heterocycles. The van der Waals surface area contributed by atoms with E-state index in [2.05, 4.69) is 52.0 Å². The second-order valence-corrected chi connectivity index (χ2v) is 9.25. The van der Waals surface area contributed by atoms with Gasteiger partial charge in [0, 0.05) is 37.3 Å². The lowest BCUT2D eigenvalue weighted by atomic mass is 9.90. The van der Waals surface area contributed by atoms with Crippen molar-refractivity contribution in [1.29, 1.82) is 0 Å². The Morgan fingerprint density at radius 1 is 0.607 bits per heavy atom. The van der Waals surface area contributed by atoms with Crippen LogP contribution in [0.5, 0.6) is 0 Å². The van der Waals surface area contributed by atoms with Gasteiger partial charge in [-0.15, -0.1) is 0 Å². The molecule has 0 radical (unpaired) electrons. The zero-order chi connectivity index (χ0) is 19.8. The molecule has 2 saturated heterocycles. The Labute approximate surface area is 168 Å². The number of rotatable bonds is 2. The molecular weight excluding hydrogens is 354 g/mol. The van der Waals surface area contributed by atoms with Gasteiger partial charge in [0.1, 0.15) is 0 Å². The highest BCUT2D eigenvalue weighted by atomic mass is 16.6. The molecule has 4 aliphatic rings. The van der Waals surface area contributed by atoms with Gasteiger partial charge in [-0.05, 0) is 60.3 Å². The summed E-state index contributed by atoms with van der Waals surface area (Å²) >= 11 is 0. The summed E-state index contributed by atoms with van der Waals surface area (Å²) in [7, 11) is -0.713. The van der Waals surface area contributed by atoms with Crippen LogP contribution in [0.1, 0.15) is 27.7 Å². The number of allylic oxidation sites excluding steroid dienone is 6. The Balaban J connectivity index is 1.35. The van der Waals surface area contributed by atoms with Gasteiger partial charge in [0.05, 0.1) is 0 Å². The van der Waals surface area contributed by atoms with E-state index >= 15 is 0 Å². The van der Waals surface area contributed by atoms with Crippen molar-refractivity contribution >= 4 is 14.5 Å². The molecule has 4 aliphatic heterocycles. The van der Waals surface area contributed by atoms with Crippen LogP contribution < -0.4 is 0 Å². The van der Waals surface area contributed by atoms with Gasteiger partial charge in [-0.2, -0.15) is 0 Å². The van der Waals surface area contributed by atoms with E-state index in [9.17, 15) is 0 Å². The van der Waals surface area contributed by atoms with Crippen molar-refractivity contribution in [2.75, 3.05) is 26.4 Å². The van der Waals surface area contributed by atoms with Crippen LogP contribution in [0.4, 0.5) is 0 Å². The van der Waals surface area contributed by atoms with Gasteiger partial charge in [-0.25, -0.2) is 0 Å². The molecule has 0 atom stereocenters. The molecular formula is C20H28B2N2O4. The number of hydrogen-bond donors (Lipinski definition) is 0. The average molecular weight is 382 g/mol. The van der Waals surface area contributed by atoms with Gasteiger partial charge in [-0.3, -0.25) is 0 Å². The van der Waals surface area contributed by atoms with Crippen molar-refractivity contribution in [3.8, 4) is 0 Å². The summed E-state index contributed by atoms with van der Waals surface area (Å²) in [6.45, 7) is 11.3. The first-order chi connectivity index (χ1) is 13.3. The molecule has 0 bridgehead atoms. The van der Waals surface area contributed by atoms with Gasteiger partial charge in [0.25, 0.3) is 0 Å². The minimum absolute atomic E-state index is 0.0674. The Morgan fingerprint density at radius 2 is 0.893 bits per heavy atom. The van der Waals surface area contributed by atoms with Gasteiger partial charge < -0.3 is 28.2 Å². The zero-order valence-electron chi connectivity index (χ0n) is 17.1. The molecule has 2 fully saturated rings. The van der Waals surface area contributed by atoms with E-state index in [1.54, 1.807) is 0 Å². The maximum atomic E-state index is 5.83. The van der Waals surface area contributed by atoms with Crippen molar-refractivity contribution in [1.82, 2.24) is 9.62 Å². The first-order valence-electron chi connectivity index (χ1n) is 9.80. The van der Waals surface area contributed by atoms with E-state index < -0.39 is 0 Å². The SMILES string of the molecule is CC1(C)COB(N2C=CC(=C3C=CN(B4OCC(C)(C)CO4)C=C3)C=C2)OC1. The van der Waals surface area contributed by atoms with E-state index in [1.165, 1.54) is 0 Å². The minimum atomic E-state index is -0.357. The van der Waals surface area contributed by atoms with Crippen molar-refractivity contribution in [2.24, 2.45) is 10.8 Å². The van der Waals surface area contributed by atoms with Crippen molar-refractivity contribution in [2.45, 2.75) is 27.7 Å². The molecule has 4 rings (SSSR count). The van der Waals surface area contributed by atoms with E-state index in [0.717, 1.165) is 11.1 Å². The molecule has 148 valence electrons. The molecule has 6 nitrogen and oxygen atoms in total. The summed E-state index contributed by atoms with van der Waals surface area (Å²) in [4.78, 5) is 3.90. The highest BCUT2D eigenvalue weighted by Gasteiger charge is 2.37. The molecule has 0 aliphatic carbocycles. The Morgan fingerprint density at radius 3 is 1.18 bits per heavy atom. The quantitative estimate of drug-likeness (QED) is 0.685. The van der Waals surface area contributed by atoms with E-state index in [1.807, 2.05) is 34.4 Å². The molecule has 8 heteroatoms. The summed E-state index contributed by atoms with van der Waals surface area (Å²) < 4.78 is 23.3. The topological polar surface area (TPSA) is 43.4 Å². The van der Waals surface area contributed by atoms with Crippen LogP contribution in [0, 0.1) is 10.8 Å². The van der Waals surface area contributed by atoms with Gasteiger partial charge in [-0.1, -0.05) is 27.7 Å². The lowest BCUT2D eigenvalue weighted by Gasteiger charge is -2.36. The summed E-state index contributed by atoms with van der Waals surface area (Å²) in [6.07, 6.45) is 16.3. The second-order valence-electron chi connectivity index (χ2n) is 9.25. The normalized spacial score (nSPS) is 26.4. The largest absolute Gasteiger partial charge is 0.597 e. The van der Waals surface area contributed by atoms with E-state index in [0.29, 0.717) is 26.4 Å². The minimum Gasteiger partial charge on any atom is -0.391 e. The van der Waals surface area contributed by atoms with E-state index in [-0.39, 0.29) is 25.3 Å². The van der Waals surface area contributed by atoms with Gasteiger partial charge in [0.15, 0.2) is 0 Å². The Kier molecular flexibility index (Phi) is 5.31. The molecule has 0 amide bonds. The highest BCUT2D eigenvalue weighted by Crippen LogP contribution is 2.27. The highest BCUT2D eigenvalue weighted by molar-refractivity contribution is 6.42. The first kappa shape index (κ1) is 19.6. The van der Waals surface area contributed by atoms with Crippen LogP contribution in [0.2, 0.25) is 0 Å². The van der Waals surface area contributed by atoms with E-state index in [4.69, 9.17) is 18.6 Å². The molecule has 28 heavy (non-hydrogen) atoms. The number of nitrogens with zero attached hydrogens (tertiary/aromatic N) is 2. The standard InChI is InChI=1S/C20H28B2N2O4/c1-19(2)13-25-21(26-14-19)23-9-5-17(6-10-23)18-7-11-24(12-8-18)22-27-15-20(3,4)16-28-22/h5-12H,13-16H2,1-4H3. The van der Waals surface area contributed by atoms with Crippen LogP contribution in [-0.4, -0.2) is 50.6 Å². The van der Waals surface area contributed by atoms with Crippen LogP contribution in [0.25, 0.3) is 0 Å². The lowest BCUT2D eigenvalue weighted by molar-refractivity contribution is 0.0142. The maximum absolute atomic E-state index is 5.83. The monoisotopic (exact) mass is 382 g/mol. The summed E-state index contributed by atoms with van der Waals surface area (Å²) in [5, 5.41) is 0. The third kappa shape index (κ3) is 4.46.